The molecule has 2 heterocycles. The van der Waals surface area contributed by atoms with Crippen LogP contribution in [-0.4, -0.2) is 49.1 Å². The lowest BCUT2D eigenvalue weighted by molar-refractivity contribution is -0.149. The van der Waals surface area contributed by atoms with Crippen LogP contribution >= 0.6 is 0 Å². The highest BCUT2D eigenvalue weighted by Crippen LogP contribution is 2.23. The molecule has 1 aliphatic heterocycles. The average molecular weight is 294 g/mol. The van der Waals surface area contributed by atoms with Crippen molar-refractivity contribution in [3.63, 3.8) is 0 Å². The van der Waals surface area contributed by atoms with E-state index in [4.69, 9.17) is 9.15 Å². The molecule has 1 atom stereocenters. The van der Waals surface area contributed by atoms with Crippen molar-refractivity contribution in [1.82, 2.24) is 10.2 Å². The fraction of sp³-hybridized carbons (Fsp3) is 0.600. The maximum absolute atomic E-state index is 12.8. The topological polar surface area (TPSA) is 71.8 Å². The van der Waals surface area contributed by atoms with Gasteiger partial charge in [0.1, 0.15) is 17.6 Å². The maximum Gasteiger partial charge on any atom is 0.330 e. The van der Waals surface area contributed by atoms with Crippen molar-refractivity contribution in [1.29, 1.82) is 0 Å². The van der Waals surface area contributed by atoms with Crippen LogP contribution in [0, 0.1) is 20.8 Å². The molecular formula is C15H22N2O4. The first-order chi connectivity index (χ1) is 9.97. The van der Waals surface area contributed by atoms with Crippen LogP contribution in [0.1, 0.15) is 34.4 Å². The monoisotopic (exact) mass is 294 g/mol. The van der Waals surface area contributed by atoms with E-state index in [9.17, 15) is 9.59 Å². The molecule has 1 aliphatic rings. The number of carbonyl (C=O) groups excluding carboxylic acids is 2. The maximum atomic E-state index is 12.8. The molecule has 1 aromatic rings. The minimum absolute atomic E-state index is 0.165. The first kappa shape index (κ1) is 15.6. The van der Waals surface area contributed by atoms with E-state index in [-0.39, 0.29) is 11.9 Å². The van der Waals surface area contributed by atoms with Crippen molar-refractivity contribution in [3.05, 3.63) is 22.6 Å². The number of hydrogen-bond donors (Lipinski definition) is 1. The lowest BCUT2D eigenvalue weighted by Crippen LogP contribution is -2.57. The smallest absolute Gasteiger partial charge is 0.330 e. The molecule has 1 aromatic heterocycles. The fourth-order valence-corrected chi connectivity index (χ4v) is 2.65. The van der Waals surface area contributed by atoms with E-state index in [0.717, 1.165) is 11.3 Å². The summed E-state index contributed by atoms with van der Waals surface area (Å²) in [7, 11) is 0. The van der Waals surface area contributed by atoms with Gasteiger partial charge in [-0.05, 0) is 27.7 Å². The van der Waals surface area contributed by atoms with E-state index < -0.39 is 6.04 Å². The zero-order chi connectivity index (χ0) is 15.6. The molecule has 0 aromatic carbocycles. The Morgan fingerprint density at radius 3 is 2.62 bits per heavy atom. The van der Waals surface area contributed by atoms with Gasteiger partial charge in [-0.3, -0.25) is 4.79 Å². The van der Waals surface area contributed by atoms with E-state index >= 15 is 0 Å². The van der Waals surface area contributed by atoms with Crippen molar-refractivity contribution >= 4 is 11.9 Å². The Morgan fingerprint density at radius 2 is 2.05 bits per heavy atom. The van der Waals surface area contributed by atoms with E-state index in [1.807, 2.05) is 13.8 Å². The van der Waals surface area contributed by atoms with Crippen molar-refractivity contribution in [2.75, 3.05) is 26.2 Å². The number of amides is 1. The van der Waals surface area contributed by atoms with Crippen LogP contribution < -0.4 is 5.32 Å². The number of aryl methyl sites for hydroxylation is 2. The van der Waals surface area contributed by atoms with Crippen molar-refractivity contribution in [2.24, 2.45) is 0 Å². The summed E-state index contributed by atoms with van der Waals surface area (Å²) in [4.78, 5) is 26.4. The number of ether oxygens (including phenoxy) is 1. The molecule has 1 amide bonds. The van der Waals surface area contributed by atoms with E-state index in [2.05, 4.69) is 5.32 Å². The first-order valence-corrected chi connectivity index (χ1v) is 7.22. The normalized spacial score (nSPS) is 18.7. The van der Waals surface area contributed by atoms with Crippen LogP contribution in [0.25, 0.3) is 0 Å². The minimum atomic E-state index is -0.583. The number of nitrogens with zero attached hydrogens (tertiary/aromatic N) is 1. The van der Waals surface area contributed by atoms with Gasteiger partial charge in [0.2, 0.25) is 0 Å². The van der Waals surface area contributed by atoms with Crippen molar-refractivity contribution in [3.8, 4) is 0 Å². The fourth-order valence-electron chi connectivity index (χ4n) is 2.65. The van der Waals surface area contributed by atoms with E-state index in [1.165, 1.54) is 0 Å². The molecule has 6 heteroatoms. The predicted octanol–water partition coefficient (Wildman–Crippen LogP) is 1.18. The molecule has 21 heavy (non-hydrogen) atoms. The van der Waals surface area contributed by atoms with Gasteiger partial charge in [-0.2, -0.15) is 0 Å². The number of piperazine rings is 1. The van der Waals surface area contributed by atoms with Gasteiger partial charge in [-0.1, -0.05) is 0 Å². The van der Waals surface area contributed by atoms with Crippen LogP contribution in [0.2, 0.25) is 0 Å². The Bertz CT molecular complexity index is 550. The molecule has 1 N–H and O–H groups in total. The molecule has 0 bridgehead atoms. The Morgan fingerprint density at radius 1 is 1.33 bits per heavy atom. The first-order valence-electron chi connectivity index (χ1n) is 7.22. The van der Waals surface area contributed by atoms with E-state index in [0.29, 0.717) is 37.6 Å². The summed E-state index contributed by atoms with van der Waals surface area (Å²) in [6, 6.07) is -0.583. The van der Waals surface area contributed by atoms with Crippen LogP contribution in [0.3, 0.4) is 0 Å². The van der Waals surface area contributed by atoms with Crippen LogP contribution in [0.15, 0.2) is 4.42 Å². The third-order valence-corrected chi connectivity index (χ3v) is 3.84. The van der Waals surface area contributed by atoms with Crippen molar-refractivity contribution in [2.45, 2.75) is 33.7 Å². The minimum Gasteiger partial charge on any atom is -0.466 e. The largest absolute Gasteiger partial charge is 0.466 e. The molecule has 1 unspecified atom stereocenters. The summed E-state index contributed by atoms with van der Waals surface area (Å²) < 4.78 is 10.6. The molecule has 0 spiro atoms. The highest BCUT2D eigenvalue weighted by Gasteiger charge is 2.35. The second kappa shape index (κ2) is 6.30. The van der Waals surface area contributed by atoms with Crippen molar-refractivity contribution < 1.29 is 18.7 Å². The number of nitrogens with one attached hydrogen (secondary N) is 1. The molecule has 2 rings (SSSR count). The predicted molar refractivity (Wildman–Crippen MR) is 77.2 cm³/mol. The molecule has 116 valence electrons. The van der Waals surface area contributed by atoms with Gasteiger partial charge in [-0.25, -0.2) is 4.79 Å². The summed E-state index contributed by atoms with van der Waals surface area (Å²) in [5.74, 6) is 0.796. The van der Waals surface area contributed by atoms with Gasteiger partial charge in [0.05, 0.1) is 12.2 Å². The molecule has 0 saturated carbocycles. The zero-order valence-electron chi connectivity index (χ0n) is 13.0. The number of esters is 1. The SMILES string of the molecule is CCOC(=O)C1CNCCN1C(=O)c1c(C)oc(C)c1C. The van der Waals surface area contributed by atoms with Crippen LogP contribution in [-0.2, 0) is 9.53 Å². The molecule has 0 radical (unpaired) electrons. The summed E-state index contributed by atoms with van der Waals surface area (Å²) in [6.07, 6.45) is 0. The van der Waals surface area contributed by atoms with Gasteiger partial charge in [0, 0.05) is 25.2 Å². The highest BCUT2D eigenvalue weighted by atomic mass is 16.5. The molecule has 1 fully saturated rings. The van der Waals surface area contributed by atoms with Gasteiger partial charge >= 0.3 is 5.97 Å². The Labute approximate surface area is 124 Å². The molecule has 6 nitrogen and oxygen atoms in total. The third kappa shape index (κ3) is 2.95. The summed E-state index contributed by atoms with van der Waals surface area (Å²) >= 11 is 0. The van der Waals surface area contributed by atoms with Gasteiger partial charge in [0.25, 0.3) is 5.91 Å². The highest BCUT2D eigenvalue weighted by molar-refractivity contribution is 5.99. The number of furan rings is 1. The summed E-state index contributed by atoms with van der Waals surface area (Å²) in [5.41, 5.74) is 1.39. The second-order valence-electron chi connectivity index (χ2n) is 5.18. The quantitative estimate of drug-likeness (QED) is 0.848. The lowest BCUT2D eigenvalue weighted by Gasteiger charge is -2.34. The number of rotatable bonds is 3. The summed E-state index contributed by atoms with van der Waals surface area (Å²) in [5, 5.41) is 3.13. The Hall–Kier alpha value is -1.82. The zero-order valence-corrected chi connectivity index (χ0v) is 13.0. The summed E-state index contributed by atoms with van der Waals surface area (Å²) in [6.45, 7) is 9.09. The van der Waals surface area contributed by atoms with Gasteiger partial charge in [-0.15, -0.1) is 0 Å². The van der Waals surface area contributed by atoms with Crippen LogP contribution in [0.4, 0.5) is 0 Å². The van der Waals surface area contributed by atoms with E-state index in [1.54, 1.807) is 18.7 Å². The molecule has 0 aliphatic carbocycles. The van der Waals surface area contributed by atoms with Crippen LogP contribution in [0.5, 0.6) is 0 Å². The Kier molecular flexibility index (Phi) is 4.67. The Balaban J connectivity index is 2.28. The number of carbonyl (C=O) groups is 2. The third-order valence-electron chi connectivity index (χ3n) is 3.84. The second-order valence-corrected chi connectivity index (χ2v) is 5.18. The van der Waals surface area contributed by atoms with Gasteiger partial charge in [0.15, 0.2) is 0 Å². The van der Waals surface area contributed by atoms with Gasteiger partial charge < -0.3 is 19.4 Å². The number of hydrogen-bond acceptors (Lipinski definition) is 5. The lowest BCUT2D eigenvalue weighted by atomic mass is 10.1. The average Bonchev–Trinajstić information content (AvgIpc) is 2.72. The molecule has 1 saturated heterocycles. The molecular weight excluding hydrogens is 272 g/mol. The standard InChI is InChI=1S/C15H22N2O4/c1-5-20-15(19)12-8-16-6-7-17(12)14(18)13-9(2)10(3)21-11(13)4/h12,16H,5-8H2,1-4H3.